The molecule has 8 nitrogen and oxygen atoms in total. The van der Waals surface area contributed by atoms with Crippen LogP contribution in [0.4, 0.5) is 16.4 Å². The highest BCUT2D eigenvalue weighted by Crippen LogP contribution is 2.32. The van der Waals surface area contributed by atoms with Gasteiger partial charge in [0.25, 0.3) is 0 Å². The average molecular weight is 479 g/mol. The molecule has 0 aliphatic rings. The molecule has 0 saturated carbocycles. The summed E-state index contributed by atoms with van der Waals surface area (Å²) >= 11 is 5.13. The van der Waals surface area contributed by atoms with E-state index in [0.29, 0.717) is 0 Å². The first-order chi connectivity index (χ1) is 12.6. The van der Waals surface area contributed by atoms with Gasteiger partial charge in [0, 0.05) is 25.7 Å². The topological polar surface area (TPSA) is 98.3 Å². The Morgan fingerprint density at radius 2 is 1.74 bits per heavy atom. The molecule has 0 saturated heterocycles. The van der Waals surface area contributed by atoms with Gasteiger partial charge in [-0.3, -0.25) is 4.18 Å². The fraction of sp³-hybridized carbons (Fsp3) is 0.438. The zero-order valence-electron chi connectivity index (χ0n) is 15.8. The van der Waals surface area contributed by atoms with Crippen molar-refractivity contribution in [3.05, 3.63) is 34.4 Å². The fourth-order valence-corrected chi connectivity index (χ4v) is 3.49. The molecule has 150 valence electrons. The number of nitrogens with zero attached hydrogens (tertiary/aromatic N) is 4. The molecular formula is C16H23BrN4O4S2. The number of azo groups is 1. The summed E-state index contributed by atoms with van der Waals surface area (Å²) in [4.78, 5) is 2.31. The van der Waals surface area contributed by atoms with Gasteiger partial charge in [-0.2, -0.15) is 0 Å². The molecule has 11 heteroatoms. The van der Waals surface area contributed by atoms with E-state index in [9.17, 15) is 13.0 Å². The minimum Gasteiger partial charge on any atom is -0.726 e. The van der Waals surface area contributed by atoms with E-state index in [1.807, 2.05) is 19.2 Å². The summed E-state index contributed by atoms with van der Waals surface area (Å²) in [7, 11) is -1.59. The van der Waals surface area contributed by atoms with Crippen LogP contribution in [0.2, 0.25) is 0 Å². The Balaban J connectivity index is 0.000000527. The van der Waals surface area contributed by atoms with Crippen LogP contribution in [0.25, 0.3) is 0 Å². The number of benzene rings is 1. The summed E-state index contributed by atoms with van der Waals surface area (Å²) in [6, 6.07) is 8.20. The van der Waals surface area contributed by atoms with Crippen LogP contribution in [0.1, 0.15) is 19.5 Å². The van der Waals surface area contributed by atoms with E-state index in [4.69, 9.17) is 0 Å². The maximum absolute atomic E-state index is 9.22. The normalized spacial score (nSPS) is 11.4. The predicted molar refractivity (Wildman–Crippen MR) is 109 cm³/mol. The van der Waals surface area contributed by atoms with E-state index >= 15 is 0 Å². The summed E-state index contributed by atoms with van der Waals surface area (Å²) in [5.41, 5.74) is 3.25. The quantitative estimate of drug-likeness (QED) is 0.270. The Morgan fingerprint density at radius 1 is 1.22 bits per heavy atom. The first-order valence-corrected chi connectivity index (χ1v) is 11.0. The van der Waals surface area contributed by atoms with Crippen LogP contribution in [-0.4, -0.2) is 33.2 Å². The smallest absolute Gasteiger partial charge is 0.222 e. The highest BCUT2D eigenvalue weighted by Gasteiger charge is 2.17. The molecule has 2 aromatic rings. The maximum Gasteiger partial charge on any atom is 0.222 e. The summed E-state index contributed by atoms with van der Waals surface area (Å²) in [5, 5.41) is 9.54. The predicted octanol–water partition coefficient (Wildman–Crippen LogP) is 4.00. The van der Waals surface area contributed by atoms with Crippen LogP contribution < -0.4 is 8.86 Å². The Morgan fingerprint density at radius 3 is 2.11 bits per heavy atom. The lowest BCUT2D eigenvalue weighted by Gasteiger charge is -2.20. The molecular weight excluding hydrogens is 456 g/mol. The van der Waals surface area contributed by atoms with E-state index in [1.165, 1.54) is 5.69 Å². The Hall–Kier alpha value is -1.40. The van der Waals surface area contributed by atoms with E-state index in [1.54, 1.807) is 11.5 Å². The van der Waals surface area contributed by atoms with E-state index in [0.717, 1.165) is 41.1 Å². The molecule has 1 heterocycles. The number of halogens is 1. The van der Waals surface area contributed by atoms with Gasteiger partial charge in [0.05, 0.1) is 12.8 Å². The second-order valence-corrected chi connectivity index (χ2v) is 8.32. The molecule has 0 radical (unpaired) electrons. The summed E-state index contributed by atoms with van der Waals surface area (Å²) in [5.74, 6) is 0. The number of aryl methyl sites for hydroxylation is 1. The van der Waals surface area contributed by atoms with Gasteiger partial charge in [0.1, 0.15) is 4.47 Å². The van der Waals surface area contributed by atoms with Crippen molar-refractivity contribution in [3.8, 4) is 0 Å². The van der Waals surface area contributed by atoms with Crippen LogP contribution in [-0.2, 0) is 21.6 Å². The molecule has 27 heavy (non-hydrogen) atoms. The Labute approximate surface area is 172 Å². The van der Waals surface area contributed by atoms with Gasteiger partial charge < -0.3 is 9.45 Å². The van der Waals surface area contributed by atoms with E-state index < -0.39 is 10.4 Å². The number of hydrogen-bond donors (Lipinski definition) is 0. The van der Waals surface area contributed by atoms with Gasteiger partial charge in [-0.1, -0.05) is 0 Å². The SMILES string of the molecule is CCN(CC)c1ccc(N=Nc2s[n+](C)c(C)c2Br)cc1.COS(=O)(=O)[O-]. The summed E-state index contributed by atoms with van der Waals surface area (Å²) in [6.45, 7) is 8.39. The summed E-state index contributed by atoms with van der Waals surface area (Å²) < 4.78 is 34.1. The lowest BCUT2D eigenvalue weighted by atomic mass is 10.2. The standard InChI is InChI=1S/C15H20BrN4S.CH4O4S/c1-5-20(6-2)13-9-7-12(8-10-13)17-18-15-14(16)11(3)19(4)21-15;1-5-6(2,3)4/h7-10H,5-6H2,1-4H3;1H3,(H,2,3,4)/q+1;/p-1. The number of anilines is 1. The van der Waals surface area contributed by atoms with Gasteiger partial charge >= 0.3 is 0 Å². The van der Waals surface area contributed by atoms with Gasteiger partial charge in [-0.15, -0.1) is 14.2 Å². The van der Waals surface area contributed by atoms with Crippen molar-refractivity contribution in [1.29, 1.82) is 0 Å². The Bertz CT molecular complexity index is 863. The largest absolute Gasteiger partial charge is 0.726 e. The minimum atomic E-state index is -4.41. The van der Waals surface area contributed by atoms with Gasteiger partial charge in [0.15, 0.2) is 18.6 Å². The van der Waals surface area contributed by atoms with Crippen LogP contribution in [0.3, 0.4) is 0 Å². The maximum atomic E-state index is 9.22. The summed E-state index contributed by atoms with van der Waals surface area (Å²) in [6.07, 6.45) is 0. The monoisotopic (exact) mass is 478 g/mol. The van der Waals surface area contributed by atoms with Crippen molar-refractivity contribution < 1.29 is 21.1 Å². The van der Waals surface area contributed by atoms with E-state index in [-0.39, 0.29) is 0 Å². The lowest BCUT2D eigenvalue weighted by molar-refractivity contribution is -0.607. The van der Waals surface area contributed by atoms with Gasteiger partial charge in [-0.25, -0.2) is 8.42 Å². The van der Waals surface area contributed by atoms with Crippen molar-refractivity contribution in [3.63, 3.8) is 0 Å². The van der Waals surface area contributed by atoms with Crippen molar-refractivity contribution >= 4 is 54.2 Å². The number of hydrogen-bond acceptors (Lipinski definition) is 8. The Kier molecular flexibility index (Phi) is 9.47. The lowest BCUT2D eigenvalue weighted by Crippen LogP contribution is -2.24. The van der Waals surface area contributed by atoms with Crippen LogP contribution >= 0.6 is 27.5 Å². The highest BCUT2D eigenvalue weighted by atomic mass is 79.9. The molecule has 0 atom stereocenters. The molecule has 0 aliphatic carbocycles. The molecule has 0 unspecified atom stereocenters. The molecule has 2 rings (SSSR count). The molecule has 0 aliphatic heterocycles. The second-order valence-electron chi connectivity index (χ2n) is 5.26. The van der Waals surface area contributed by atoms with Crippen LogP contribution in [0, 0.1) is 6.92 Å². The molecule has 1 aromatic carbocycles. The molecule has 1 aromatic heterocycles. The number of aromatic nitrogens is 1. The first kappa shape index (κ1) is 23.6. The van der Waals surface area contributed by atoms with Gasteiger partial charge in [-0.05, 0) is 54.0 Å². The van der Waals surface area contributed by atoms with E-state index in [2.05, 4.69) is 72.1 Å². The van der Waals surface area contributed by atoms with Crippen molar-refractivity contribution in [1.82, 2.24) is 0 Å². The average Bonchev–Trinajstić information content (AvgIpc) is 2.89. The highest BCUT2D eigenvalue weighted by molar-refractivity contribution is 9.10. The van der Waals surface area contributed by atoms with Crippen LogP contribution in [0.5, 0.6) is 0 Å². The zero-order valence-corrected chi connectivity index (χ0v) is 19.1. The third-order valence-electron chi connectivity index (χ3n) is 3.64. The van der Waals surface area contributed by atoms with Crippen molar-refractivity contribution in [2.75, 3.05) is 25.1 Å². The molecule has 0 amide bonds. The molecule has 0 spiro atoms. The first-order valence-electron chi connectivity index (χ1n) is 8.06. The third-order valence-corrected chi connectivity index (χ3v) is 6.27. The minimum absolute atomic E-state index is 0.808. The molecule has 0 N–H and O–H groups in total. The molecule has 0 bridgehead atoms. The third kappa shape index (κ3) is 7.62. The van der Waals surface area contributed by atoms with Gasteiger partial charge in [0.2, 0.25) is 21.1 Å². The van der Waals surface area contributed by atoms with Crippen molar-refractivity contribution in [2.45, 2.75) is 20.8 Å². The second kappa shape index (κ2) is 10.8. The molecule has 0 fully saturated rings. The van der Waals surface area contributed by atoms with Crippen LogP contribution in [0.15, 0.2) is 39.0 Å². The number of rotatable bonds is 6. The zero-order chi connectivity index (χ0) is 20.6. The van der Waals surface area contributed by atoms with Crippen molar-refractivity contribution in [2.24, 2.45) is 17.3 Å². The fourth-order valence-electron chi connectivity index (χ4n) is 2.02.